The molecule has 11 N–H and O–H groups in total. The third-order valence-corrected chi connectivity index (χ3v) is 7.97. The Morgan fingerprint density at radius 1 is 0.833 bits per heavy atom. The van der Waals surface area contributed by atoms with Crippen LogP contribution in [0.25, 0.3) is 10.8 Å². The maximum atomic E-state index is 13.3. The first-order valence-corrected chi connectivity index (χ1v) is 16.5. The Balaban J connectivity index is 0.00000131. The number of carboxylic acids is 4. The molecule has 3 rings (SSSR count). The van der Waals surface area contributed by atoms with Gasteiger partial charge in [-0.05, 0) is 48.4 Å². The van der Waals surface area contributed by atoms with Gasteiger partial charge in [-0.1, -0.05) is 42.5 Å². The van der Waals surface area contributed by atoms with Crippen molar-refractivity contribution in [3.63, 3.8) is 0 Å². The van der Waals surface area contributed by atoms with Crippen LogP contribution in [0.3, 0.4) is 0 Å². The monoisotopic (exact) mass is 769 g/mol. The largest absolute Gasteiger partial charge is 0.490 e. The number of nitrogens with two attached hydrogens (primary N) is 1. The van der Waals surface area contributed by atoms with Crippen molar-refractivity contribution in [2.75, 3.05) is 13.1 Å². The molecule has 2 aromatic rings. The number of urea groups is 1. The highest BCUT2D eigenvalue weighted by Gasteiger charge is 2.38. The molecular weight excluding hydrogens is 727 g/mol. The number of hydrogen-bond donors (Lipinski definition) is 10. The van der Waals surface area contributed by atoms with E-state index in [9.17, 15) is 52.2 Å². The molecule has 296 valence electrons. The maximum Gasteiger partial charge on any atom is 0.490 e. The van der Waals surface area contributed by atoms with Crippen LogP contribution in [0, 0.1) is 5.92 Å². The number of carboxylic acid groups (broad SMARTS) is 4. The number of aliphatic imine (C=N–C) groups is 1. The van der Waals surface area contributed by atoms with Gasteiger partial charge in [0.15, 0.2) is 0 Å². The first-order chi connectivity index (χ1) is 25.4. The maximum absolute atomic E-state index is 13.3. The van der Waals surface area contributed by atoms with Gasteiger partial charge in [0, 0.05) is 25.8 Å². The van der Waals surface area contributed by atoms with Gasteiger partial charge in [0.05, 0.1) is 12.5 Å². The van der Waals surface area contributed by atoms with E-state index >= 15 is 0 Å². The van der Waals surface area contributed by atoms with E-state index in [1.54, 1.807) is 0 Å². The lowest BCUT2D eigenvalue weighted by molar-refractivity contribution is -0.192. The second-order valence-corrected chi connectivity index (χ2v) is 12.0. The lowest BCUT2D eigenvalue weighted by Gasteiger charge is -2.24. The quantitative estimate of drug-likeness (QED) is 0.0614. The van der Waals surface area contributed by atoms with Gasteiger partial charge in [0.2, 0.25) is 11.8 Å². The first kappa shape index (κ1) is 44.2. The van der Waals surface area contributed by atoms with E-state index in [1.165, 1.54) is 0 Å². The minimum atomic E-state index is -5.08. The van der Waals surface area contributed by atoms with E-state index in [-0.39, 0.29) is 44.7 Å². The molecule has 1 aliphatic heterocycles. The molecule has 0 saturated heterocycles. The lowest BCUT2D eigenvalue weighted by atomic mass is 9.97. The molecule has 1 heterocycles. The van der Waals surface area contributed by atoms with E-state index < -0.39 is 72.5 Å². The molecule has 18 nitrogen and oxygen atoms in total. The highest BCUT2D eigenvalue weighted by molar-refractivity contribution is 5.91. The predicted octanol–water partition coefficient (Wildman–Crippen LogP) is 1.13. The zero-order chi connectivity index (χ0) is 40.4. The molecule has 0 aliphatic carbocycles. The normalized spacial score (nSPS) is 15.5. The Morgan fingerprint density at radius 2 is 1.44 bits per heavy atom. The van der Waals surface area contributed by atoms with Crippen molar-refractivity contribution in [1.82, 2.24) is 26.7 Å². The van der Waals surface area contributed by atoms with Crippen LogP contribution in [0.4, 0.5) is 18.0 Å². The van der Waals surface area contributed by atoms with Gasteiger partial charge >= 0.3 is 36.1 Å². The van der Waals surface area contributed by atoms with E-state index in [1.807, 2.05) is 42.5 Å². The zero-order valence-electron chi connectivity index (χ0n) is 28.7. The first-order valence-electron chi connectivity index (χ1n) is 16.5. The number of amidine groups is 1. The van der Waals surface area contributed by atoms with Crippen LogP contribution >= 0.6 is 0 Å². The van der Waals surface area contributed by atoms with Crippen molar-refractivity contribution < 1.29 is 67.2 Å². The number of aliphatic carboxylic acids is 4. The highest BCUT2D eigenvalue weighted by atomic mass is 19.4. The summed E-state index contributed by atoms with van der Waals surface area (Å²) in [5, 5.41) is 46.6. The molecule has 0 radical (unpaired) electrons. The molecule has 21 heteroatoms. The van der Waals surface area contributed by atoms with E-state index in [0.717, 1.165) is 16.3 Å². The summed E-state index contributed by atoms with van der Waals surface area (Å²) in [5.41, 5.74) is 3.35. The van der Waals surface area contributed by atoms with Gasteiger partial charge in [0.1, 0.15) is 24.0 Å². The number of hydrogen-bond acceptors (Lipinski definition) is 10. The summed E-state index contributed by atoms with van der Waals surface area (Å²) in [4.78, 5) is 85.6. The number of alkyl halides is 3. The minimum Gasteiger partial charge on any atom is -0.481 e. The van der Waals surface area contributed by atoms with Crippen molar-refractivity contribution in [3.05, 3.63) is 48.0 Å². The van der Waals surface area contributed by atoms with Crippen molar-refractivity contribution >= 4 is 58.3 Å². The van der Waals surface area contributed by atoms with Gasteiger partial charge in [-0.15, -0.1) is 0 Å². The van der Waals surface area contributed by atoms with Crippen LogP contribution in [0.1, 0.15) is 50.5 Å². The summed E-state index contributed by atoms with van der Waals surface area (Å²) >= 11 is 0. The van der Waals surface area contributed by atoms with E-state index in [4.69, 9.17) is 20.9 Å². The lowest BCUT2D eigenvalue weighted by Crippen LogP contribution is -2.51. The predicted molar refractivity (Wildman–Crippen MR) is 184 cm³/mol. The van der Waals surface area contributed by atoms with Crippen LogP contribution in [0.2, 0.25) is 0 Å². The fraction of sp³-hybridized carbons (Fsp3) is 0.455. The smallest absolute Gasteiger partial charge is 0.481 e. The Bertz CT molecular complexity index is 1690. The second kappa shape index (κ2) is 21.5. The van der Waals surface area contributed by atoms with E-state index in [2.05, 4.69) is 31.7 Å². The number of benzene rings is 2. The molecule has 2 aromatic carbocycles. The zero-order valence-corrected chi connectivity index (χ0v) is 28.7. The molecule has 0 bridgehead atoms. The molecule has 0 saturated carbocycles. The molecular formula is C33H42F3N7O11. The number of rotatable bonds is 17. The van der Waals surface area contributed by atoms with E-state index in [0.29, 0.717) is 25.1 Å². The minimum absolute atomic E-state index is 0.0232. The number of fused-ring (bicyclic) bond motifs is 1. The Morgan fingerprint density at radius 3 is 1.98 bits per heavy atom. The average molecular weight is 770 g/mol. The number of amides is 4. The molecule has 1 aliphatic rings. The topological polar surface area (TPSA) is 299 Å². The summed E-state index contributed by atoms with van der Waals surface area (Å²) in [6.07, 6.45) is -4.09. The van der Waals surface area contributed by atoms with Gasteiger partial charge in [-0.25, -0.2) is 25.0 Å². The number of nitrogens with zero attached hydrogens (tertiary/aromatic N) is 1. The number of nitrogens with one attached hydrogen (secondary N) is 5. The molecule has 0 fully saturated rings. The highest BCUT2D eigenvalue weighted by Crippen LogP contribution is 2.18. The Labute approximate surface area is 305 Å². The number of unbranched alkanes of at least 4 members (excludes halogenated alkanes) is 1. The van der Waals surface area contributed by atoms with Gasteiger partial charge in [-0.3, -0.25) is 19.4 Å². The van der Waals surface area contributed by atoms with Crippen molar-refractivity contribution in [3.8, 4) is 0 Å². The van der Waals surface area contributed by atoms with Crippen molar-refractivity contribution in [2.24, 2.45) is 16.8 Å². The summed E-state index contributed by atoms with van der Waals surface area (Å²) in [7, 11) is 0. The third kappa shape index (κ3) is 15.7. The number of carbonyl (C=O) groups is 7. The van der Waals surface area contributed by atoms with Crippen molar-refractivity contribution in [1.29, 1.82) is 0 Å². The average Bonchev–Trinajstić information content (AvgIpc) is 3.11. The Hall–Kier alpha value is -5.99. The molecule has 0 spiro atoms. The summed E-state index contributed by atoms with van der Waals surface area (Å²) in [6, 6.07) is 8.79. The molecule has 4 amide bonds. The summed E-state index contributed by atoms with van der Waals surface area (Å²) in [5.74, 6) is -1.90. The van der Waals surface area contributed by atoms with Crippen molar-refractivity contribution in [2.45, 2.75) is 75.7 Å². The van der Waals surface area contributed by atoms with Crippen LogP contribution in [0.15, 0.2) is 47.5 Å². The van der Waals surface area contributed by atoms with Crippen LogP contribution < -0.4 is 32.5 Å². The Kier molecular flexibility index (Phi) is 17.6. The second-order valence-electron chi connectivity index (χ2n) is 12.0. The fourth-order valence-corrected chi connectivity index (χ4v) is 5.08. The fourth-order valence-electron chi connectivity index (χ4n) is 5.08. The summed E-state index contributed by atoms with van der Waals surface area (Å²) < 4.78 is 31.7. The SMILES string of the molecule is NNC1=NCC(C(=O)N[C@@H](Cc2ccc3ccccc3c2)C(=O)NCCCC[C@H](NC(=O)N[C@@H](CCC(=O)O)C(=O)O)C(=O)O)CC1.O=C(O)C(F)(F)F. The standard InChI is InChI=1S/C31H41N7O9.C2HF3O2/c32-38-25-12-10-21(17-34-25)27(41)35-24(16-18-8-9-19-5-1-2-6-20(19)15-18)28(42)33-14-4-3-7-22(29(43)44)36-31(47)37-23(30(45)46)11-13-26(39)40;3-2(4,5)1(6)7/h1-2,5-6,8-9,15,21-24H,3-4,7,10-14,16-17,32H2,(H,33,42)(H,34,38)(H,35,41)(H,39,40)(H,43,44)(H,45,46)(H2,36,37,47);(H,6,7)/t21?,22-,23-,24-;/m0./s1. The van der Waals surface area contributed by atoms with Crippen LogP contribution in [-0.2, 0) is 35.2 Å². The van der Waals surface area contributed by atoms with Gasteiger partial charge in [-0.2, -0.15) is 13.2 Å². The van der Waals surface area contributed by atoms with Crippen LogP contribution in [-0.4, -0.2) is 105 Å². The number of halogens is 3. The summed E-state index contributed by atoms with van der Waals surface area (Å²) in [6.45, 7) is 0.406. The molecule has 4 atom stereocenters. The molecule has 54 heavy (non-hydrogen) atoms. The molecule has 1 unspecified atom stereocenters. The van der Waals surface area contributed by atoms with Gasteiger partial charge < -0.3 is 47.1 Å². The van der Waals surface area contributed by atoms with Crippen LogP contribution in [0.5, 0.6) is 0 Å². The number of carbonyl (C=O) groups excluding carboxylic acids is 3. The van der Waals surface area contributed by atoms with Gasteiger partial charge in [0.25, 0.3) is 0 Å². The third-order valence-electron chi connectivity index (χ3n) is 7.97. The number of hydrazine groups is 1. The molecule has 0 aromatic heterocycles.